The van der Waals surface area contributed by atoms with Crippen molar-refractivity contribution in [3.63, 3.8) is 0 Å². The van der Waals surface area contributed by atoms with Crippen molar-refractivity contribution in [2.75, 3.05) is 11.9 Å². The van der Waals surface area contributed by atoms with Crippen LogP contribution in [-0.4, -0.2) is 22.4 Å². The van der Waals surface area contributed by atoms with Gasteiger partial charge in [0.05, 0.1) is 18.9 Å². The third-order valence-corrected chi connectivity index (χ3v) is 1.64. The second kappa shape index (κ2) is 4.26. The van der Waals surface area contributed by atoms with Crippen molar-refractivity contribution < 1.29 is 13.2 Å². The summed E-state index contributed by atoms with van der Waals surface area (Å²) in [6.07, 6.45) is 1.57. The van der Waals surface area contributed by atoms with Gasteiger partial charge in [-0.25, -0.2) is 23.1 Å². The van der Waals surface area contributed by atoms with E-state index in [0.29, 0.717) is 0 Å². The molecule has 1 N–H and O–H groups in total. The van der Waals surface area contributed by atoms with Crippen LogP contribution in [0.15, 0.2) is 12.4 Å². The van der Waals surface area contributed by atoms with Crippen LogP contribution in [0.25, 0.3) is 0 Å². The highest BCUT2D eigenvalue weighted by Gasteiger charge is 2.25. The molecule has 0 radical (unpaired) electrons. The van der Waals surface area contributed by atoms with Crippen LogP contribution in [0.2, 0.25) is 0 Å². The molecule has 1 aromatic rings. The molecule has 0 aliphatic heterocycles. The Morgan fingerprint density at radius 2 is 1.93 bits per heavy atom. The van der Waals surface area contributed by atoms with E-state index >= 15 is 0 Å². The lowest BCUT2D eigenvalue weighted by Crippen LogP contribution is -2.26. The fourth-order valence-corrected chi connectivity index (χ4v) is 0.737. The Labute approximate surface area is 79.4 Å². The van der Waals surface area contributed by atoms with Crippen LogP contribution >= 0.6 is 0 Å². The van der Waals surface area contributed by atoms with E-state index in [9.17, 15) is 13.2 Å². The van der Waals surface area contributed by atoms with E-state index in [-0.39, 0.29) is 12.4 Å². The molecule has 6 heteroatoms. The molecule has 1 rings (SSSR count). The molecule has 1 heterocycles. The summed E-state index contributed by atoms with van der Waals surface area (Å²) in [6, 6.07) is 0. The lowest BCUT2D eigenvalue weighted by atomic mass is 10.2. The Kier molecular flexibility index (Phi) is 3.27. The van der Waals surface area contributed by atoms with Crippen LogP contribution in [0.3, 0.4) is 0 Å². The smallest absolute Gasteiger partial charge is 0.264 e. The number of alkyl halides is 2. The van der Waals surface area contributed by atoms with Gasteiger partial charge in [0, 0.05) is 6.42 Å². The Bertz CT molecular complexity index is 286. The number of nitrogens with one attached hydrogen (secondary N) is 1. The first-order valence-electron chi connectivity index (χ1n) is 4.13. The van der Waals surface area contributed by atoms with Gasteiger partial charge in [-0.15, -0.1) is 0 Å². The fraction of sp³-hybridized carbons (Fsp3) is 0.500. The molecule has 0 saturated carbocycles. The maximum atomic E-state index is 12.7. The highest BCUT2D eigenvalue weighted by molar-refractivity contribution is 5.22. The van der Waals surface area contributed by atoms with Crippen LogP contribution in [0.1, 0.15) is 13.3 Å². The Hall–Kier alpha value is -1.33. The van der Waals surface area contributed by atoms with Gasteiger partial charge >= 0.3 is 0 Å². The molecule has 0 aliphatic carbocycles. The summed E-state index contributed by atoms with van der Waals surface area (Å²) in [4.78, 5) is 6.97. The van der Waals surface area contributed by atoms with Gasteiger partial charge in [-0.05, 0) is 0 Å². The van der Waals surface area contributed by atoms with E-state index in [1.807, 2.05) is 0 Å². The van der Waals surface area contributed by atoms with Crippen molar-refractivity contribution in [2.45, 2.75) is 19.3 Å². The number of nitrogens with zero attached hydrogens (tertiary/aromatic N) is 2. The third-order valence-electron chi connectivity index (χ3n) is 1.64. The quantitative estimate of drug-likeness (QED) is 0.817. The van der Waals surface area contributed by atoms with Crippen molar-refractivity contribution in [1.29, 1.82) is 0 Å². The summed E-state index contributed by atoms with van der Waals surface area (Å²) in [5.41, 5.74) is 0. The lowest BCUT2D eigenvalue weighted by Gasteiger charge is -2.14. The first-order valence-corrected chi connectivity index (χ1v) is 4.13. The molecule has 0 bridgehead atoms. The zero-order chi connectivity index (χ0) is 10.6. The molecule has 0 saturated heterocycles. The van der Waals surface area contributed by atoms with Gasteiger partial charge in [0.1, 0.15) is 0 Å². The van der Waals surface area contributed by atoms with E-state index in [1.54, 1.807) is 0 Å². The molecule has 0 amide bonds. The molecule has 0 spiro atoms. The molecule has 3 nitrogen and oxygen atoms in total. The first kappa shape index (κ1) is 10.7. The Morgan fingerprint density at radius 3 is 2.43 bits per heavy atom. The minimum absolute atomic E-state index is 0.000440. The molecular weight excluding hydrogens is 195 g/mol. The average Bonchev–Trinajstić information content (AvgIpc) is 2.17. The molecule has 78 valence electrons. The summed E-state index contributed by atoms with van der Waals surface area (Å²) in [5.74, 6) is -3.39. The third kappa shape index (κ3) is 3.20. The molecule has 1 aromatic heterocycles. The summed E-state index contributed by atoms with van der Waals surface area (Å²) in [6.45, 7) is 0.836. The van der Waals surface area contributed by atoms with E-state index in [1.165, 1.54) is 6.92 Å². The van der Waals surface area contributed by atoms with E-state index in [4.69, 9.17) is 0 Å². The highest BCUT2D eigenvalue weighted by Crippen LogP contribution is 2.17. The van der Waals surface area contributed by atoms with Crippen LogP contribution < -0.4 is 5.32 Å². The summed E-state index contributed by atoms with van der Waals surface area (Å²) < 4.78 is 37.8. The van der Waals surface area contributed by atoms with E-state index < -0.39 is 18.3 Å². The molecule has 14 heavy (non-hydrogen) atoms. The van der Waals surface area contributed by atoms with Crippen LogP contribution in [-0.2, 0) is 0 Å². The maximum Gasteiger partial charge on any atom is 0.264 e. The van der Waals surface area contributed by atoms with Gasteiger partial charge < -0.3 is 5.32 Å². The fourth-order valence-electron chi connectivity index (χ4n) is 0.737. The first-order chi connectivity index (χ1) is 6.53. The van der Waals surface area contributed by atoms with Crippen molar-refractivity contribution >= 4 is 5.95 Å². The van der Waals surface area contributed by atoms with Gasteiger partial charge in [-0.1, -0.05) is 6.92 Å². The number of anilines is 1. The monoisotopic (exact) mass is 205 g/mol. The molecule has 0 fully saturated rings. The standard InChI is InChI=1S/C8H10F3N3/c1-2-8(10,11)5-14-7-12-3-6(9)4-13-7/h3-4H,2,5H2,1H3,(H,12,13,14). The minimum atomic E-state index is -2.79. The summed E-state index contributed by atoms with van der Waals surface area (Å²) in [5, 5.41) is 2.32. The van der Waals surface area contributed by atoms with Gasteiger partial charge in [-0.3, -0.25) is 0 Å². The molecule has 0 atom stereocenters. The number of aromatic nitrogens is 2. The SMILES string of the molecule is CCC(F)(F)CNc1ncc(F)cn1. The number of hydrogen-bond donors (Lipinski definition) is 1. The van der Waals surface area contributed by atoms with Gasteiger partial charge in [0.25, 0.3) is 5.92 Å². The highest BCUT2D eigenvalue weighted by atomic mass is 19.3. The summed E-state index contributed by atoms with van der Waals surface area (Å²) >= 11 is 0. The molecule has 0 unspecified atom stereocenters. The Balaban J connectivity index is 2.50. The molecular formula is C8H10F3N3. The zero-order valence-corrected chi connectivity index (χ0v) is 7.60. The largest absolute Gasteiger partial charge is 0.348 e. The normalized spacial score (nSPS) is 11.4. The Morgan fingerprint density at radius 1 is 1.36 bits per heavy atom. The van der Waals surface area contributed by atoms with E-state index in [2.05, 4.69) is 15.3 Å². The topological polar surface area (TPSA) is 37.8 Å². The zero-order valence-electron chi connectivity index (χ0n) is 7.60. The van der Waals surface area contributed by atoms with E-state index in [0.717, 1.165) is 12.4 Å². The lowest BCUT2D eigenvalue weighted by molar-refractivity contribution is 0.0114. The van der Waals surface area contributed by atoms with Crippen molar-refractivity contribution in [3.8, 4) is 0 Å². The molecule has 0 aromatic carbocycles. The van der Waals surface area contributed by atoms with Gasteiger partial charge in [0.15, 0.2) is 5.82 Å². The van der Waals surface area contributed by atoms with Crippen LogP contribution in [0, 0.1) is 5.82 Å². The number of rotatable bonds is 4. The van der Waals surface area contributed by atoms with Crippen LogP contribution in [0.5, 0.6) is 0 Å². The second-order valence-electron chi connectivity index (χ2n) is 2.79. The van der Waals surface area contributed by atoms with Gasteiger partial charge in [-0.2, -0.15) is 0 Å². The predicted molar refractivity (Wildman–Crippen MR) is 45.7 cm³/mol. The number of halogens is 3. The average molecular weight is 205 g/mol. The van der Waals surface area contributed by atoms with Crippen molar-refractivity contribution in [3.05, 3.63) is 18.2 Å². The second-order valence-corrected chi connectivity index (χ2v) is 2.79. The predicted octanol–water partition coefficient (Wildman–Crippen LogP) is 2.07. The summed E-state index contributed by atoms with van der Waals surface area (Å²) in [7, 11) is 0. The number of hydrogen-bond acceptors (Lipinski definition) is 3. The maximum absolute atomic E-state index is 12.7. The minimum Gasteiger partial charge on any atom is -0.348 e. The van der Waals surface area contributed by atoms with Gasteiger partial charge in [0.2, 0.25) is 5.95 Å². The van der Waals surface area contributed by atoms with Crippen molar-refractivity contribution in [1.82, 2.24) is 9.97 Å². The van der Waals surface area contributed by atoms with Crippen LogP contribution in [0.4, 0.5) is 19.1 Å². The van der Waals surface area contributed by atoms with Crippen molar-refractivity contribution in [2.24, 2.45) is 0 Å². The molecule has 0 aliphatic rings.